The predicted molar refractivity (Wildman–Crippen MR) is 76.8 cm³/mol. The van der Waals surface area contributed by atoms with E-state index in [1.807, 2.05) is 6.08 Å². The maximum Gasteiger partial charge on any atom is 0.146 e. The average Bonchev–Trinajstić information content (AvgIpc) is 3.27. The first kappa shape index (κ1) is 17.6. The molecule has 118 valence electrons. The normalized spacial score (nSPS) is 18.9. The van der Waals surface area contributed by atoms with E-state index in [2.05, 4.69) is 6.58 Å². The number of hydrogen-bond donors (Lipinski definition) is 0. The molecule has 0 amide bonds. The fourth-order valence-electron chi connectivity index (χ4n) is 1.72. The number of ether oxygens (including phenoxy) is 5. The Morgan fingerprint density at radius 3 is 2.85 bits per heavy atom. The minimum atomic E-state index is 0.0851. The SMILES string of the molecule is C=CCCOCCCCC(COCC1CO1)OCOC. The molecule has 0 bridgehead atoms. The van der Waals surface area contributed by atoms with Crippen LogP contribution in [0.15, 0.2) is 12.7 Å². The van der Waals surface area contributed by atoms with Crippen LogP contribution < -0.4 is 0 Å². The minimum Gasteiger partial charge on any atom is -0.381 e. The molecule has 20 heavy (non-hydrogen) atoms. The van der Waals surface area contributed by atoms with Gasteiger partial charge in [0.25, 0.3) is 0 Å². The van der Waals surface area contributed by atoms with Gasteiger partial charge in [-0.05, 0) is 25.7 Å². The van der Waals surface area contributed by atoms with E-state index >= 15 is 0 Å². The van der Waals surface area contributed by atoms with E-state index in [9.17, 15) is 0 Å². The molecule has 0 spiro atoms. The second-order valence-electron chi connectivity index (χ2n) is 4.87. The standard InChI is InChI=1S/C15H28O5/c1-3-4-8-17-9-6-5-7-14(20-13-16-2)10-18-11-15-12-19-15/h3,14-15H,1,4-13H2,2H3. The lowest BCUT2D eigenvalue weighted by Gasteiger charge is -2.17. The molecule has 0 aliphatic carbocycles. The average molecular weight is 288 g/mol. The number of rotatable bonds is 15. The van der Waals surface area contributed by atoms with Crippen LogP contribution in [0.5, 0.6) is 0 Å². The first-order valence-electron chi connectivity index (χ1n) is 7.35. The van der Waals surface area contributed by atoms with Crippen molar-refractivity contribution in [2.24, 2.45) is 0 Å². The van der Waals surface area contributed by atoms with Crippen LogP contribution in [0.3, 0.4) is 0 Å². The van der Waals surface area contributed by atoms with Crippen molar-refractivity contribution in [3.63, 3.8) is 0 Å². The summed E-state index contributed by atoms with van der Waals surface area (Å²) in [6, 6.07) is 0. The van der Waals surface area contributed by atoms with Gasteiger partial charge in [0.15, 0.2) is 0 Å². The molecule has 0 saturated carbocycles. The Bertz CT molecular complexity index is 230. The fourth-order valence-corrected chi connectivity index (χ4v) is 1.72. The Balaban J connectivity index is 1.97. The van der Waals surface area contributed by atoms with Crippen LogP contribution in [0.4, 0.5) is 0 Å². The molecule has 0 aromatic carbocycles. The van der Waals surface area contributed by atoms with Crippen LogP contribution in [-0.4, -0.2) is 59.1 Å². The number of epoxide rings is 1. The first-order chi connectivity index (χ1) is 9.86. The van der Waals surface area contributed by atoms with Crippen LogP contribution in [0.25, 0.3) is 0 Å². The van der Waals surface area contributed by atoms with Crippen LogP contribution in [0.1, 0.15) is 25.7 Å². The quantitative estimate of drug-likeness (QED) is 0.200. The molecule has 1 aliphatic heterocycles. The number of hydrogen-bond acceptors (Lipinski definition) is 5. The van der Waals surface area contributed by atoms with Crippen molar-refractivity contribution in [3.8, 4) is 0 Å². The summed E-state index contributed by atoms with van der Waals surface area (Å²) in [6.07, 6.45) is 6.23. The summed E-state index contributed by atoms with van der Waals surface area (Å²) in [4.78, 5) is 0. The number of methoxy groups -OCH3 is 1. The summed E-state index contributed by atoms with van der Waals surface area (Å²) in [6.45, 7) is 7.61. The van der Waals surface area contributed by atoms with E-state index in [0.29, 0.717) is 26.1 Å². The zero-order valence-corrected chi connectivity index (χ0v) is 12.6. The van der Waals surface area contributed by atoms with Gasteiger partial charge in [-0.1, -0.05) is 6.08 Å². The van der Waals surface area contributed by atoms with Gasteiger partial charge < -0.3 is 23.7 Å². The maximum absolute atomic E-state index is 5.60. The molecule has 1 fully saturated rings. The summed E-state index contributed by atoms with van der Waals surface area (Å²) >= 11 is 0. The van der Waals surface area contributed by atoms with Crippen LogP contribution in [0, 0.1) is 0 Å². The van der Waals surface area contributed by atoms with Gasteiger partial charge in [0.2, 0.25) is 0 Å². The molecule has 1 rings (SSSR count). The smallest absolute Gasteiger partial charge is 0.146 e. The third-order valence-electron chi connectivity index (χ3n) is 2.96. The van der Waals surface area contributed by atoms with E-state index in [0.717, 1.165) is 45.5 Å². The second-order valence-corrected chi connectivity index (χ2v) is 4.87. The summed E-state index contributed by atoms with van der Waals surface area (Å²) in [5.41, 5.74) is 0. The molecule has 0 N–H and O–H groups in total. The topological polar surface area (TPSA) is 49.5 Å². The molecular formula is C15H28O5. The van der Waals surface area contributed by atoms with Crippen LogP contribution in [0.2, 0.25) is 0 Å². The number of unbranched alkanes of at least 4 members (excludes halogenated alkanes) is 1. The van der Waals surface area contributed by atoms with Gasteiger partial charge in [-0.25, -0.2) is 0 Å². The van der Waals surface area contributed by atoms with E-state index in [1.165, 1.54) is 0 Å². The van der Waals surface area contributed by atoms with Gasteiger partial charge in [0.1, 0.15) is 12.9 Å². The van der Waals surface area contributed by atoms with Crippen LogP contribution >= 0.6 is 0 Å². The minimum absolute atomic E-state index is 0.0851. The monoisotopic (exact) mass is 288 g/mol. The van der Waals surface area contributed by atoms with Crippen molar-refractivity contribution >= 4 is 0 Å². The molecule has 0 aromatic heterocycles. The third-order valence-corrected chi connectivity index (χ3v) is 2.96. The van der Waals surface area contributed by atoms with Crippen LogP contribution in [-0.2, 0) is 23.7 Å². The summed E-state index contributed by atoms with van der Waals surface area (Å²) in [5, 5.41) is 0. The molecule has 0 aromatic rings. The molecule has 5 heteroatoms. The lowest BCUT2D eigenvalue weighted by atomic mass is 10.1. The fraction of sp³-hybridized carbons (Fsp3) is 0.867. The molecule has 2 atom stereocenters. The summed E-state index contributed by atoms with van der Waals surface area (Å²) in [7, 11) is 1.63. The molecular weight excluding hydrogens is 260 g/mol. The highest BCUT2D eigenvalue weighted by Gasteiger charge is 2.23. The second kappa shape index (κ2) is 12.3. The first-order valence-corrected chi connectivity index (χ1v) is 7.35. The van der Waals surface area contributed by atoms with Gasteiger partial charge >= 0.3 is 0 Å². The molecule has 2 unspecified atom stereocenters. The van der Waals surface area contributed by atoms with Gasteiger partial charge in [-0.2, -0.15) is 0 Å². The van der Waals surface area contributed by atoms with E-state index in [1.54, 1.807) is 7.11 Å². The highest BCUT2D eigenvalue weighted by molar-refractivity contribution is 4.68. The maximum atomic E-state index is 5.60. The molecule has 1 aliphatic rings. The summed E-state index contributed by atoms with van der Waals surface area (Å²) < 4.78 is 26.7. The van der Waals surface area contributed by atoms with E-state index in [-0.39, 0.29) is 6.10 Å². The predicted octanol–water partition coefficient (Wildman–Crippen LogP) is 2.15. The van der Waals surface area contributed by atoms with Gasteiger partial charge in [0.05, 0.1) is 25.9 Å². The van der Waals surface area contributed by atoms with E-state index < -0.39 is 0 Å². The largest absolute Gasteiger partial charge is 0.381 e. The highest BCUT2D eigenvalue weighted by atomic mass is 16.7. The zero-order chi connectivity index (χ0) is 14.5. The molecule has 1 heterocycles. The van der Waals surface area contributed by atoms with Crippen molar-refractivity contribution in [2.75, 3.05) is 46.9 Å². The molecule has 1 saturated heterocycles. The highest BCUT2D eigenvalue weighted by Crippen LogP contribution is 2.11. The lowest BCUT2D eigenvalue weighted by Crippen LogP contribution is -2.22. The van der Waals surface area contributed by atoms with Crippen molar-refractivity contribution in [1.29, 1.82) is 0 Å². The van der Waals surface area contributed by atoms with Crippen molar-refractivity contribution < 1.29 is 23.7 Å². The lowest BCUT2D eigenvalue weighted by molar-refractivity contribution is -0.101. The zero-order valence-electron chi connectivity index (χ0n) is 12.6. The Labute approximate surface area is 122 Å². The van der Waals surface area contributed by atoms with Crippen molar-refractivity contribution in [2.45, 2.75) is 37.9 Å². The Hall–Kier alpha value is -0.460. The van der Waals surface area contributed by atoms with Gasteiger partial charge in [-0.3, -0.25) is 0 Å². The summed E-state index contributed by atoms with van der Waals surface area (Å²) in [5.74, 6) is 0. The molecule has 0 radical (unpaired) electrons. The Morgan fingerprint density at radius 1 is 1.30 bits per heavy atom. The van der Waals surface area contributed by atoms with E-state index in [4.69, 9.17) is 23.7 Å². The van der Waals surface area contributed by atoms with Gasteiger partial charge in [-0.15, -0.1) is 6.58 Å². The Kier molecular flexibility index (Phi) is 10.8. The Morgan fingerprint density at radius 2 is 2.15 bits per heavy atom. The van der Waals surface area contributed by atoms with Gasteiger partial charge in [0, 0.05) is 20.3 Å². The van der Waals surface area contributed by atoms with Crippen molar-refractivity contribution in [1.82, 2.24) is 0 Å². The van der Waals surface area contributed by atoms with Crippen molar-refractivity contribution in [3.05, 3.63) is 12.7 Å². The molecule has 5 nitrogen and oxygen atoms in total. The third kappa shape index (κ3) is 10.3.